The van der Waals surface area contributed by atoms with Gasteiger partial charge in [0.2, 0.25) is 0 Å². The molecule has 1 aromatic carbocycles. The van der Waals surface area contributed by atoms with E-state index in [9.17, 15) is 19.6 Å². The van der Waals surface area contributed by atoms with Crippen LogP contribution in [-0.4, -0.2) is 45.8 Å². The first-order chi connectivity index (χ1) is 14.9. The molecule has 0 saturated carbocycles. The van der Waals surface area contributed by atoms with Crippen LogP contribution in [0.15, 0.2) is 65.4 Å². The fraction of sp³-hybridized carbons (Fsp3) is 0.462. The molecule has 174 valence electrons. The first kappa shape index (κ1) is 27.3. The Morgan fingerprint density at radius 1 is 1.22 bits per heavy atom. The summed E-state index contributed by atoms with van der Waals surface area (Å²) in [4.78, 5) is 38.3. The van der Waals surface area contributed by atoms with E-state index in [1.807, 2.05) is 12.1 Å². The molecule has 0 radical (unpaired) electrons. The number of hydrogen-bond donors (Lipinski definition) is 1. The number of carbonyl (C=O) groups is 2. The van der Waals surface area contributed by atoms with Crippen molar-refractivity contribution in [3.63, 3.8) is 0 Å². The zero-order valence-corrected chi connectivity index (χ0v) is 20.1. The predicted octanol–water partition coefficient (Wildman–Crippen LogP) is 5.03. The summed E-state index contributed by atoms with van der Waals surface area (Å²) >= 11 is 0. The van der Waals surface area contributed by atoms with Crippen LogP contribution in [0, 0.1) is 4.91 Å². The van der Waals surface area contributed by atoms with Gasteiger partial charge >= 0.3 is 0 Å². The fourth-order valence-corrected chi connectivity index (χ4v) is 3.25. The highest BCUT2D eigenvalue weighted by Crippen LogP contribution is 2.20. The van der Waals surface area contributed by atoms with Crippen molar-refractivity contribution in [2.45, 2.75) is 65.6 Å². The molecule has 1 N–H and O–H groups in total. The van der Waals surface area contributed by atoms with Gasteiger partial charge in [-0.05, 0) is 70.9 Å². The Labute approximate surface area is 191 Å². The highest BCUT2D eigenvalue weighted by atomic mass is 16.3. The van der Waals surface area contributed by atoms with Crippen molar-refractivity contribution >= 4 is 11.6 Å². The lowest BCUT2D eigenvalue weighted by Crippen LogP contribution is -2.31. The Balaban J connectivity index is 3.13. The van der Waals surface area contributed by atoms with Crippen molar-refractivity contribution in [2.24, 2.45) is 5.18 Å². The van der Waals surface area contributed by atoms with Gasteiger partial charge in [0, 0.05) is 24.2 Å². The first-order valence-corrected chi connectivity index (χ1v) is 10.9. The second kappa shape index (κ2) is 11.8. The van der Waals surface area contributed by atoms with Crippen LogP contribution < -0.4 is 0 Å². The van der Waals surface area contributed by atoms with E-state index < -0.39 is 11.1 Å². The van der Waals surface area contributed by atoms with Gasteiger partial charge in [0.25, 0.3) is 0 Å². The van der Waals surface area contributed by atoms with Crippen LogP contribution in [0.2, 0.25) is 0 Å². The van der Waals surface area contributed by atoms with Crippen LogP contribution in [0.3, 0.4) is 0 Å². The van der Waals surface area contributed by atoms with Crippen molar-refractivity contribution in [3.05, 3.63) is 76.3 Å². The van der Waals surface area contributed by atoms with Gasteiger partial charge in [0.1, 0.15) is 5.60 Å². The van der Waals surface area contributed by atoms with Crippen LogP contribution in [-0.2, 0) is 11.3 Å². The minimum atomic E-state index is -1.43. The monoisotopic (exact) mass is 440 g/mol. The predicted molar refractivity (Wildman–Crippen MR) is 130 cm³/mol. The summed E-state index contributed by atoms with van der Waals surface area (Å²) in [5.41, 5.74) is -0.0905. The molecular weight excluding hydrogens is 404 g/mol. The molecule has 0 aliphatic rings. The third-order valence-corrected chi connectivity index (χ3v) is 5.06. The van der Waals surface area contributed by atoms with E-state index in [0.717, 1.165) is 24.1 Å². The quantitative estimate of drug-likeness (QED) is 0.201. The summed E-state index contributed by atoms with van der Waals surface area (Å²) in [5.74, 6) is -0.662. The molecule has 0 aromatic heterocycles. The van der Waals surface area contributed by atoms with Crippen molar-refractivity contribution in [2.75, 3.05) is 13.1 Å². The third-order valence-electron chi connectivity index (χ3n) is 5.06. The van der Waals surface area contributed by atoms with Crippen molar-refractivity contribution < 1.29 is 14.7 Å². The Morgan fingerprint density at radius 3 is 2.38 bits per heavy atom. The van der Waals surface area contributed by atoms with Gasteiger partial charge in [-0.2, -0.15) is 0 Å². The zero-order chi connectivity index (χ0) is 24.5. The zero-order valence-electron chi connectivity index (χ0n) is 20.1. The van der Waals surface area contributed by atoms with Crippen LogP contribution in [0.4, 0.5) is 0 Å². The number of aliphatic hydroxyl groups is 1. The van der Waals surface area contributed by atoms with Crippen molar-refractivity contribution in [1.29, 1.82) is 0 Å². The lowest BCUT2D eigenvalue weighted by Gasteiger charge is -2.23. The maximum atomic E-state index is 12.7. The van der Waals surface area contributed by atoms with E-state index in [1.165, 1.54) is 27.7 Å². The minimum Gasteiger partial charge on any atom is -0.382 e. The summed E-state index contributed by atoms with van der Waals surface area (Å²) in [7, 11) is 0. The minimum absolute atomic E-state index is 0.323. The van der Waals surface area contributed by atoms with E-state index in [-0.39, 0.29) is 11.6 Å². The fourth-order valence-electron chi connectivity index (χ4n) is 3.25. The number of allylic oxidation sites excluding steroid dienone is 2. The second-order valence-corrected chi connectivity index (χ2v) is 8.95. The number of Topliss-reactive ketones (excluding diaryl/α,β-unsaturated/α-hetero) is 2. The number of rotatable bonds is 13. The Morgan fingerprint density at radius 2 is 1.88 bits per heavy atom. The topological polar surface area (TPSA) is 87.0 Å². The van der Waals surface area contributed by atoms with Gasteiger partial charge in [-0.1, -0.05) is 49.0 Å². The van der Waals surface area contributed by atoms with Gasteiger partial charge < -0.3 is 5.11 Å². The van der Waals surface area contributed by atoms with Gasteiger partial charge in [0.05, 0.1) is 0 Å². The third kappa shape index (κ3) is 7.77. The normalized spacial score (nSPS) is 13.2. The summed E-state index contributed by atoms with van der Waals surface area (Å²) in [6.07, 6.45) is 6.05. The number of carbonyl (C=O) groups excluding carboxylic acids is 2. The molecule has 0 atom stereocenters. The summed E-state index contributed by atoms with van der Waals surface area (Å²) < 4.78 is 0. The molecule has 6 heteroatoms. The number of nitroso groups, excluding NO2 is 1. The van der Waals surface area contributed by atoms with Gasteiger partial charge in [-0.15, -0.1) is 4.91 Å². The standard InChI is InChI=1S/C26H36N2O4/c1-8-14-28(18-20-12-11-13-22(16-20)24(30)26(6,7)31)17-19(9-2)15-21(10-3)23(29)25(4,5)27-32/h9-13,15-16,31H,2,8,14,17-18H2,1,3-7H3/b19-15+,21-10+. The van der Waals surface area contributed by atoms with Gasteiger partial charge in [-0.25, -0.2) is 0 Å². The lowest BCUT2D eigenvalue weighted by molar-refractivity contribution is -0.119. The summed E-state index contributed by atoms with van der Waals surface area (Å²) in [5, 5.41) is 13.0. The molecule has 0 aliphatic carbocycles. The second-order valence-electron chi connectivity index (χ2n) is 8.95. The number of hydrogen-bond acceptors (Lipinski definition) is 6. The molecule has 0 bridgehead atoms. The van der Waals surface area contributed by atoms with Crippen LogP contribution in [0.5, 0.6) is 0 Å². The SMILES string of the molecule is C=C/C(=C\C(=C/C)C(=O)C(C)(C)N=O)CN(CCC)Cc1cccc(C(=O)C(C)(C)O)c1. The number of nitrogens with zero attached hydrogens (tertiary/aromatic N) is 2. The van der Waals surface area contributed by atoms with E-state index >= 15 is 0 Å². The largest absolute Gasteiger partial charge is 0.382 e. The average Bonchev–Trinajstić information content (AvgIpc) is 2.75. The van der Waals surface area contributed by atoms with E-state index in [2.05, 4.69) is 23.6 Å². The van der Waals surface area contributed by atoms with E-state index in [0.29, 0.717) is 24.2 Å². The summed E-state index contributed by atoms with van der Waals surface area (Å²) in [6, 6.07) is 7.27. The molecule has 0 fully saturated rings. The summed E-state index contributed by atoms with van der Waals surface area (Å²) in [6.45, 7) is 15.6. The molecule has 0 aliphatic heterocycles. The maximum absolute atomic E-state index is 12.7. The average molecular weight is 441 g/mol. The van der Waals surface area contributed by atoms with Crippen LogP contribution >= 0.6 is 0 Å². The Bertz CT molecular complexity index is 905. The van der Waals surface area contributed by atoms with E-state index in [1.54, 1.807) is 37.3 Å². The molecule has 0 unspecified atom stereocenters. The smallest absolute Gasteiger partial charge is 0.193 e. The highest BCUT2D eigenvalue weighted by molar-refractivity contribution is 6.04. The molecule has 0 spiro atoms. The molecule has 0 amide bonds. The van der Waals surface area contributed by atoms with Crippen molar-refractivity contribution in [3.8, 4) is 0 Å². The Kier molecular flexibility index (Phi) is 10.1. The maximum Gasteiger partial charge on any atom is 0.193 e. The molecule has 32 heavy (non-hydrogen) atoms. The molecule has 0 heterocycles. The molecule has 0 saturated heterocycles. The van der Waals surface area contributed by atoms with Crippen LogP contribution in [0.1, 0.15) is 63.9 Å². The van der Waals surface area contributed by atoms with Crippen LogP contribution in [0.25, 0.3) is 0 Å². The number of benzene rings is 1. The Hall–Kier alpha value is -2.70. The first-order valence-electron chi connectivity index (χ1n) is 10.9. The van der Waals surface area contributed by atoms with Gasteiger partial charge in [-0.3, -0.25) is 14.5 Å². The highest BCUT2D eigenvalue weighted by Gasteiger charge is 2.30. The van der Waals surface area contributed by atoms with Gasteiger partial charge in [0.15, 0.2) is 17.1 Å². The molecule has 6 nitrogen and oxygen atoms in total. The molecular formula is C26H36N2O4. The number of ketones is 2. The van der Waals surface area contributed by atoms with Crippen molar-refractivity contribution in [1.82, 2.24) is 4.90 Å². The molecule has 1 aromatic rings. The molecule has 1 rings (SSSR count). The van der Waals surface area contributed by atoms with E-state index in [4.69, 9.17) is 0 Å². The lowest BCUT2D eigenvalue weighted by atomic mass is 9.92.